The van der Waals surface area contributed by atoms with Gasteiger partial charge in [0.15, 0.2) is 5.11 Å². The quantitative estimate of drug-likeness (QED) is 0.494. The van der Waals surface area contributed by atoms with Crippen LogP contribution >= 0.6 is 23.8 Å². The zero-order chi connectivity index (χ0) is 14.4. The molecule has 0 radical (unpaired) electrons. The average molecular weight is 304 g/mol. The Balaban J connectivity index is 2.73. The van der Waals surface area contributed by atoms with Crippen LogP contribution in [0.4, 0.5) is 11.4 Å². The maximum Gasteiger partial charge on any atom is 0.271 e. The molecule has 19 heavy (non-hydrogen) atoms. The lowest BCUT2D eigenvalue weighted by Gasteiger charge is -2.16. The fourth-order valence-corrected chi connectivity index (χ4v) is 1.87. The van der Waals surface area contributed by atoms with Crippen molar-refractivity contribution in [3.63, 3.8) is 0 Å². The highest BCUT2D eigenvalue weighted by Crippen LogP contribution is 2.26. The molecule has 0 saturated heterocycles. The van der Waals surface area contributed by atoms with Crippen LogP contribution in [0, 0.1) is 10.1 Å². The van der Waals surface area contributed by atoms with E-state index >= 15 is 0 Å². The van der Waals surface area contributed by atoms with E-state index in [4.69, 9.17) is 28.6 Å². The highest BCUT2D eigenvalue weighted by molar-refractivity contribution is 7.80. The Morgan fingerprint density at radius 2 is 2.32 bits per heavy atom. The first-order chi connectivity index (χ1) is 8.93. The van der Waals surface area contributed by atoms with Crippen LogP contribution in [0.5, 0.6) is 0 Å². The molecule has 1 aromatic rings. The van der Waals surface area contributed by atoms with Crippen LogP contribution in [0.3, 0.4) is 0 Å². The van der Waals surface area contributed by atoms with E-state index in [1.54, 1.807) is 7.11 Å². The number of thiocarbonyl (C=S) groups is 1. The Labute approximate surface area is 121 Å². The molecule has 0 unspecified atom stereocenters. The van der Waals surface area contributed by atoms with Gasteiger partial charge in [-0.3, -0.25) is 10.1 Å². The molecule has 0 aliphatic heterocycles. The van der Waals surface area contributed by atoms with E-state index in [-0.39, 0.29) is 11.7 Å². The summed E-state index contributed by atoms with van der Waals surface area (Å²) in [5.74, 6) is 0. The predicted molar refractivity (Wildman–Crippen MR) is 78.8 cm³/mol. The number of anilines is 1. The molecule has 0 aromatic heterocycles. The molecule has 2 N–H and O–H groups in total. The fourth-order valence-electron chi connectivity index (χ4n) is 1.40. The number of rotatable bonds is 5. The van der Waals surface area contributed by atoms with Gasteiger partial charge in [0.2, 0.25) is 0 Å². The predicted octanol–water partition coefficient (Wildman–Crippen LogP) is 2.57. The van der Waals surface area contributed by atoms with Gasteiger partial charge >= 0.3 is 0 Å². The van der Waals surface area contributed by atoms with Gasteiger partial charge in [0.05, 0.1) is 22.2 Å². The van der Waals surface area contributed by atoms with Crippen molar-refractivity contribution in [2.75, 3.05) is 19.0 Å². The molecule has 1 aromatic carbocycles. The van der Waals surface area contributed by atoms with Crippen LogP contribution in [-0.2, 0) is 4.74 Å². The topological polar surface area (TPSA) is 76.4 Å². The second-order valence-corrected chi connectivity index (χ2v) is 4.69. The van der Waals surface area contributed by atoms with E-state index in [1.165, 1.54) is 18.2 Å². The lowest BCUT2D eigenvalue weighted by molar-refractivity contribution is -0.384. The first-order valence-corrected chi connectivity index (χ1v) is 6.23. The van der Waals surface area contributed by atoms with E-state index in [1.807, 2.05) is 6.92 Å². The van der Waals surface area contributed by atoms with Crippen LogP contribution in [-0.4, -0.2) is 29.8 Å². The summed E-state index contributed by atoms with van der Waals surface area (Å²) in [6.45, 7) is 2.39. The van der Waals surface area contributed by atoms with Gasteiger partial charge in [0.25, 0.3) is 5.69 Å². The summed E-state index contributed by atoms with van der Waals surface area (Å²) in [7, 11) is 1.59. The molecule has 0 amide bonds. The molecule has 8 heteroatoms. The number of methoxy groups -OCH3 is 1. The number of halogens is 1. The summed E-state index contributed by atoms with van der Waals surface area (Å²) in [5, 5.41) is 17.2. The highest BCUT2D eigenvalue weighted by Gasteiger charge is 2.11. The highest BCUT2D eigenvalue weighted by atomic mass is 35.5. The summed E-state index contributed by atoms with van der Waals surface area (Å²) >= 11 is 11.0. The second-order valence-electron chi connectivity index (χ2n) is 3.88. The smallest absolute Gasteiger partial charge is 0.271 e. The van der Waals surface area contributed by atoms with Gasteiger partial charge in [-0.1, -0.05) is 11.6 Å². The zero-order valence-electron chi connectivity index (χ0n) is 10.5. The van der Waals surface area contributed by atoms with Crippen LogP contribution < -0.4 is 10.6 Å². The lowest BCUT2D eigenvalue weighted by atomic mass is 10.3. The molecule has 0 aliphatic carbocycles. The number of hydrogen-bond donors (Lipinski definition) is 2. The molecule has 0 fully saturated rings. The number of ether oxygens (including phenoxy) is 1. The first kappa shape index (κ1) is 15.6. The van der Waals surface area contributed by atoms with Crippen molar-refractivity contribution in [2.24, 2.45) is 0 Å². The van der Waals surface area contributed by atoms with E-state index in [9.17, 15) is 10.1 Å². The second kappa shape index (κ2) is 7.22. The SMILES string of the molecule is COC[C@@H](C)NC(=S)Nc1cc([N+](=O)[O-])ccc1Cl. The molecule has 1 rings (SSSR count). The van der Waals surface area contributed by atoms with Crippen LogP contribution in [0.1, 0.15) is 6.92 Å². The van der Waals surface area contributed by atoms with E-state index in [0.717, 1.165) is 0 Å². The van der Waals surface area contributed by atoms with Gasteiger partial charge in [0.1, 0.15) is 0 Å². The minimum atomic E-state index is -0.495. The Hall–Kier alpha value is -1.44. The number of hydrogen-bond acceptors (Lipinski definition) is 4. The third-order valence-electron chi connectivity index (χ3n) is 2.20. The van der Waals surface area contributed by atoms with Crippen molar-refractivity contribution in [3.05, 3.63) is 33.3 Å². The molecule has 0 saturated carbocycles. The van der Waals surface area contributed by atoms with Gasteiger partial charge in [-0.05, 0) is 25.2 Å². The molecule has 6 nitrogen and oxygen atoms in total. The number of nitro groups is 1. The molecule has 1 atom stereocenters. The molecular weight excluding hydrogens is 290 g/mol. The van der Waals surface area contributed by atoms with Gasteiger partial charge in [0, 0.05) is 25.3 Å². The summed E-state index contributed by atoms with van der Waals surface area (Å²) < 4.78 is 4.96. The Morgan fingerprint density at radius 1 is 1.63 bits per heavy atom. The van der Waals surface area contributed by atoms with Crippen molar-refractivity contribution < 1.29 is 9.66 Å². The summed E-state index contributed by atoms with van der Waals surface area (Å²) in [4.78, 5) is 10.2. The van der Waals surface area contributed by atoms with E-state index < -0.39 is 4.92 Å². The number of non-ortho nitro benzene ring substituents is 1. The first-order valence-electron chi connectivity index (χ1n) is 5.44. The molecule has 104 valence electrons. The standard InChI is InChI=1S/C11H14ClN3O3S/c1-7(6-18-2)13-11(19)14-10-5-8(15(16)17)3-4-9(10)12/h3-5,7H,6H2,1-2H3,(H2,13,14,19)/t7-/m1/s1. The lowest BCUT2D eigenvalue weighted by Crippen LogP contribution is -2.38. The van der Waals surface area contributed by atoms with Crippen molar-refractivity contribution in [1.82, 2.24) is 5.32 Å². The Kier molecular flexibility index (Phi) is 5.94. The van der Waals surface area contributed by atoms with Gasteiger partial charge in [-0.15, -0.1) is 0 Å². The maximum atomic E-state index is 10.7. The molecule has 0 bridgehead atoms. The van der Waals surface area contributed by atoms with Gasteiger partial charge < -0.3 is 15.4 Å². The number of nitrogens with one attached hydrogen (secondary N) is 2. The van der Waals surface area contributed by atoms with E-state index in [2.05, 4.69) is 10.6 Å². The number of nitro benzene ring substituents is 1. The number of nitrogens with zero attached hydrogens (tertiary/aromatic N) is 1. The van der Waals surface area contributed by atoms with Crippen LogP contribution in [0.25, 0.3) is 0 Å². The third-order valence-corrected chi connectivity index (χ3v) is 2.75. The van der Waals surface area contributed by atoms with Gasteiger partial charge in [-0.25, -0.2) is 0 Å². The summed E-state index contributed by atoms with van der Waals surface area (Å²) in [6.07, 6.45) is 0. The Morgan fingerprint density at radius 3 is 2.89 bits per heavy atom. The molecule has 0 aliphatic rings. The van der Waals surface area contributed by atoms with Crippen LogP contribution in [0.2, 0.25) is 5.02 Å². The molecular formula is C11H14ClN3O3S. The minimum absolute atomic E-state index is 0.0162. The fraction of sp³-hybridized carbons (Fsp3) is 0.364. The maximum absolute atomic E-state index is 10.7. The summed E-state index contributed by atoms with van der Waals surface area (Å²) in [5.41, 5.74) is 0.331. The van der Waals surface area contributed by atoms with Gasteiger partial charge in [-0.2, -0.15) is 0 Å². The van der Waals surface area contributed by atoms with Crippen LogP contribution in [0.15, 0.2) is 18.2 Å². The van der Waals surface area contributed by atoms with E-state index in [0.29, 0.717) is 22.4 Å². The number of benzene rings is 1. The molecule has 0 spiro atoms. The average Bonchev–Trinajstić information content (AvgIpc) is 2.31. The Bertz CT molecular complexity index is 484. The van der Waals surface area contributed by atoms with Crippen molar-refractivity contribution >= 4 is 40.3 Å². The largest absolute Gasteiger partial charge is 0.383 e. The van der Waals surface area contributed by atoms with Crippen molar-refractivity contribution in [1.29, 1.82) is 0 Å². The summed E-state index contributed by atoms with van der Waals surface area (Å²) in [6, 6.07) is 4.13. The zero-order valence-corrected chi connectivity index (χ0v) is 12.0. The van der Waals surface area contributed by atoms with Crippen molar-refractivity contribution in [3.8, 4) is 0 Å². The van der Waals surface area contributed by atoms with Crippen molar-refractivity contribution in [2.45, 2.75) is 13.0 Å². The monoisotopic (exact) mass is 303 g/mol. The third kappa shape index (κ3) is 4.98. The molecule has 0 heterocycles. The minimum Gasteiger partial charge on any atom is -0.383 e. The normalized spacial score (nSPS) is 11.7.